The molecule has 1 aromatic heterocycles. The highest BCUT2D eigenvalue weighted by atomic mass is 15.1. The fourth-order valence-corrected chi connectivity index (χ4v) is 11.5. The second-order valence-corrected chi connectivity index (χ2v) is 19.0. The van der Waals surface area contributed by atoms with Gasteiger partial charge in [-0.25, -0.2) is 0 Å². The van der Waals surface area contributed by atoms with Crippen molar-refractivity contribution in [2.75, 3.05) is 4.90 Å². The molecule has 0 spiro atoms. The van der Waals surface area contributed by atoms with Gasteiger partial charge in [0.2, 0.25) is 0 Å². The number of hydrogen-bond donors (Lipinski definition) is 0. The summed E-state index contributed by atoms with van der Waals surface area (Å²) >= 11 is 0. The topological polar surface area (TPSA) is 8.17 Å². The van der Waals surface area contributed by atoms with Crippen LogP contribution in [0.3, 0.4) is 0 Å². The first-order chi connectivity index (χ1) is 29.5. The SMILES string of the molecule is CC1(C)c2ccccc2-c2ccc(N(c3ccc(-c4ccccc4)cc3)c3ccc4c(c3)-c3c(c5ccccc5n3-c3ccc5c(c3)C(C)(C)c3ccccc3-5)C4(C)C)cc21. The number of rotatable bonds is 5. The van der Waals surface area contributed by atoms with Gasteiger partial charge in [0.05, 0.1) is 11.2 Å². The second kappa shape index (κ2) is 12.6. The summed E-state index contributed by atoms with van der Waals surface area (Å²) in [6.45, 7) is 14.3. The zero-order valence-corrected chi connectivity index (χ0v) is 35.7. The van der Waals surface area contributed by atoms with Crippen molar-refractivity contribution in [1.29, 1.82) is 0 Å². The van der Waals surface area contributed by atoms with E-state index in [9.17, 15) is 0 Å². The lowest BCUT2D eigenvalue weighted by Gasteiger charge is -2.29. The Morgan fingerprint density at radius 3 is 1.57 bits per heavy atom. The maximum Gasteiger partial charge on any atom is 0.0585 e. The molecule has 0 unspecified atom stereocenters. The van der Waals surface area contributed by atoms with Gasteiger partial charge < -0.3 is 9.47 Å². The lowest BCUT2D eigenvalue weighted by atomic mass is 9.81. The van der Waals surface area contributed by atoms with Crippen LogP contribution in [0.5, 0.6) is 0 Å². The minimum absolute atomic E-state index is 0.0965. The Morgan fingerprint density at radius 2 is 0.869 bits per heavy atom. The molecule has 61 heavy (non-hydrogen) atoms. The lowest BCUT2D eigenvalue weighted by Crippen LogP contribution is -2.17. The highest BCUT2D eigenvalue weighted by Gasteiger charge is 2.42. The number of benzene rings is 8. The molecule has 8 aromatic carbocycles. The smallest absolute Gasteiger partial charge is 0.0585 e. The fraction of sp³-hybridized carbons (Fsp3) is 0.153. The Balaban J connectivity index is 1.07. The van der Waals surface area contributed by atoms with E-state index < -0.39 is 0 Å². The zero-order valence-electron chi connectivity index (χ0n) is 35.7. The second-order valence-electron chi connectivity index (χ2n) is 19.0. The molecule has 2 heteroatoms. The molecule has 3 aliphatic rings. The van der Waals surface area contributed by atoms with Crippen LogP contribution in [0.1, 0.15) is 74.9 Å². The van der Waals surface area contributed by atoms with Crippen molar-refractivity contribution < 1.29 is 0 Å². The van der Waals surface area contributed by atoms with Crippen LogP contribution in [0.2, 0.25) is 0 Å². The number of nitrogens with zero attached hydrogens (tertiary/aromatic N) is 2. The minimum atomic E-state index is -0.203. The first-order valence-corrected chi connectivity index (χ1v) is 21.8. The number of hydrogen-bond acceptors (Lipinski definition) is 1. The van der Waals surface area contributed by atoms with Crippen molar-refractivity contribution in [2.24, 2.45) is 0 Å². The van der Waals surface area contributed by atoms with E-state index in [1.807, 2.05) is 0 Å². The molecule has 0 radical (unpaired) electrons. The molecule has 0 N–H and O–H groups in total. The van der Waals surface area contributed by atoms with E-state index in [1.165, 1.54) is 94.6 Å². The summed E-state index contributed by atoms with van der Waals surface area (Å²) in [6.07, 6.45) is 0. The average Bonchev–Trinajstić information content (AvgIpc) is 3.91. The van der Waals surface area contributed by atoms with Gasteiger partial charge in [0, 0.05) is 49.9 Å². The normalized spacial score (nSPS) is 15.4. The van der Waals surface area contributed by atoms with Crippen molar-refractivity contribution >= 4 is 28.0 Å². The molecular weight excluding hydrogens is 737 g/mol. The molecule has 294 valence electrons. The highest BCUT2D eigenvalue weighted by Crippen LogP contribution is 2.57. The number of para-hydroxylation sites is 1. The van der Waals surface area contributed by atoms with Crippen LogP contribution < -0.4 is 4.90 Å². The van der Waals surface area contributed by atoms with E-state index in [2.05, 4.69) is 233 Å². The zero-order chi connectivity index (χ0) is 41.4. The monoisotopic (exact) mass is 784 g/mol. The van der Waals surface area contributed by atoms with Gasteiger partial charge in [-0.2, -0.15) is 0 Å². The fourth-order valence-electron chi connectivity index (χ4n) is 11.5. The first-order valence-electron chi connectivity index (χ1n) is 21.8. The molecule has 3 aliphatic carbocycles. The van der Waals surface area contributed by atoms with E-state index in [4.69, 9.17) is 0 Å². The maximum absolute atomic E-state index is 2.56. The van der Waals surface area contributed by atoms with Gasteiger partial charge in [-0.15, -0.1) is 0 Å². The van der Waals surface area contributed by atoms with E-state index in [0.717, 1.165) is 17.1 Å². The molecular formula is C59H48N2. The molecule has 9 aromatic rings. The van der Waals surface area contributed by atoms with Crippen molar-refractivity contribution in [1.82, 2.24) is 4.57 Å². The Bertz CT molecular complexity index is 3270. The summed E-state index contributed by atoms with van der Waals surface area (Å²) in [6, 6.07) is 68.3. The number of aromatic nitrogens is 1. The molecule has 0 bridgehead atoms. The van der Waals surface area contributed by atoms with Crippen LogP contribution in [0.4, 0.5) is 17.1 Å². The third-order valence-corrected chi connectivity index (χ3v) is 14.6. The van der Waals surface area contributed by atoms with Crippen molar-refractivity contribution in [3.63, 3.8) is 0 Å². The quantitative estimate of drug-likeness (QED) is 0.169. The number of fused-ring (bicyclic) bond motifs is 11. The van der Waals surface area contributed by atoms with Gasteiger partial charge in [0.15, 0.2) is 0 Å². The van der Waals surface area contributed by atoms with E-state index in [1.54, 1.807) is 0 Å². The summed E-state index contributed by atoms with van der Waals surface area (Å²) < 4.78 is 2.56. The van der Waals surface area contributed by atoms with Crippen molar-refractivity contribution in [3.8, 4) is 50.3 Å². The molecule has 0 amide bonds. The molecule has 0 fully saturated rings. The molecule has 12 rings (SSSR count). The molecule has 0 saturated carbocycles. The van der Waals surface area contributed by atoms with Crippen molar-refractivity contribution in [2.45, 2.75) is 57.8 Å². The highest BCUT2D eigenvalue weighted by molar-refractivity contribution is 6.01. The van der Waals surface area contributed by atoms with Crippen LogP contribution >= 0.6 is 0 Å². The minimum Gasteiger partial charge on any atom is -0.310 e. The Morgan fingerprint density at radius 1 is 0.361 bits per heavy atom. The van der Waals surface area contributed by atoms with Gasteiger partial charge in [0.1, 0.15) is 0 Å². The lowest BCUT2D eigenvalue weighted by molar-refractivity contribution is 0.659. The van der Waals surface area contributed by atoms with Crippen LogP contribution in [-0.2, 0) is 16.2 Å². The Labute approximate surface area is 359 Å². The largest absolute Gasteiger partial charge is 0.310 e. The van der Waals surface area contributed by atoms with Gasteiger partial charge in [-0.1, -0.05) is 169 Å². The average molecular weight is 785 g/mol. The van der Waals surface area contributed by atoms with E-state index in [-0.39, 0.29) is 16.2 Å². The van der Waals surface area contributed by atoms with E-state index in [0.29, 0.717) is 0 Å². The summed E-state index contributed by atoms with van der Waals surface area (Å²) in [5.41, 5.74) is 24.1. The van der Waals surface area contributed by atoms with Crippen LogP contribution in [0.25, 0.3) is 61.2 Å². The Hall–Kier alpha value is -6.90. The summed E-state index contributed by atoms with van der Waals surface area (Å²) in [4.78, 5) is 2.47. The Kier molecular flexibility index (Phi) is 7.41. The third kappa shape index (κ3) is 4.97. The predicted molar refractivity (Wildman–Crippen MR) is 256 cm³/mol. The molecule has 0 aliphatic heterocycles. The van der Waals surface area contributed by atoms with Gasteiger partial charge >= 0.3 is 0 Å². The molecule has 0 atom stereocenters. The first kappa shape index (κ1) is 36.0. The standard InChI is InChI=1S/C59H48N2/c1-57(2)49-21-13-10-18-43(49)45-31-28-41(35-52(45)57)60(39-26-24-38(25-27-39)37-16-8-7-9-17-37)40-30-33-51-48(34-40)56-55(59(51,5)6)47-20-12-15-23-54(47)61(56)42-29-32-46-44-19-11-14-22-50(44)58(3,4)53(46)36-42/h7-36H,1-6H3. The van der Waals surface area contributed by atoms with Gasteiger partial charge in [-0.05, 0) is 121 Å². The van der Waals surface area contributed by atoms with Crippen LogP contribution in [0, 0.1) is 0 Å². The summed E-state index contributed by atoms with van der Waals surface area (Å²) in [7, 11) is 0. The third-order valence-electron chi connectivity index (χ3n) is 14.6. The van der Waals surface area contributed by atoms with Crippen LogP contribution in [0.15, 0.2) is 182 Å². The molecule has 1 heterocycles. The molecule has 2 nitrogen and oxygen atoms in total. The number of anilines is 3. The molecule has 0 saturated heterocycles. The van der Waals surface area contributed by atoms with E-state index >= 15 is 0 Å². The maximum atomic E-state index is 2.56. The van der Waals surface area contributed by atoms with Gasteiger partial charge in [0.25, 0.3) is 0 Å². The summed E-state index contributed by atoms with van der Waals surface area (Å²) in [5, 5.41) is 1.32. The van der Waals surface area contributed by atoms with Crippen molar-refractivity contribution in [3.05, 3.63) is 215 Å². The van der Waals surface area contributed by atoms with Crippen LogP contribution in [-0.4, -0.2) is 4.57 Å². The summed E-state index contributed by atoms with van der Waals surface area (Å²) in [5.74, 6) is 0. The van der Waals surface area contributed by atoms with Gasteiger partial charge in [-0.3, -0.25) is 0 Å². The predicted octanol–water partition coefficient (Wildman–Crippen LogP) is 15.7.